The fourth-order valence-electron chi connectivity index (χ4n) is 0.571. The molecule has 16 heavy (non-hydrogen) atoms. The van der Waals surface area contributed by atoms with Gasteiger partial charge in [0.1, 0.15) is 12.2 Å². The van der Waals surface area contributed by atoms with E-state index in [1.165, 1.54) is 18.1 Å². The van der Waals surface area contributed by atoms with Crippen molar-refractivity contribution in [2.75, 3.05) is 6.26 Å². The van der Waals surface area contributed by atoms with E-state index >= 15 is 0 Å². The van der Waals surface area contributed by atoms with Crippen molar-refractivity contribution in [2.45, 2.75) is 27.7 Å². The Morgan fingerprint density at radius 2 is 2.00 bits per heavy atom. The summed E-state index contributed by atoms with van der Waals surface area (Å²) in [5.74, 6) is 1.06. The summed E-state index contributed by atoms with van der Waals surface area (Å²) in [6, 6.07) is 0. The molecule has 1 N–H and O–H groups in total. The lowest BCUT2D eigenvalue weighted by Gasteiger charge is -2.00. The van der Waals surface area contributed by atoms with Gasteiger partial charge < -0.3 is 0 Å². The third kappa shape index (κ3) is 8.16. The number of rotatable bonds is 5. The number of hydrogen-bond acceptors (Lipinski definition) is 4. The Hall–Kier alpha value is -1.17. The molecule has 0 spiro atoms. The van der Waals surface area contributed by atoms with Gasteiger partial charge in [-0.25, -0.2) is 4.99 Å². The Morgan fingerprint density at radius 3 is 2.56 bits per heavy atom. The Kier molecular flexibility index (Phi) is 8.42. The van der Waals surface area contributed by atoms with Gasteiger partial charge in [-0.05, 0) is 26.0 Å². The minimum atomic E-state index is 0.437. The maximum atomic E-state index is 4.16. The Morgan fingerprint density at radius 1 is 1.31 bits per heavy atom. The summed E-state index contributed by atoms with van der Waals surface area (Å²) in [6.45, 7) is 7.93. The van der Waals surface area contributed by atoms with E-state index in [1.54, 1.807) is 12.5 Å². The van der Waals surface area contributed by atoms with E-state index in [4.69, 9.17) is 0 Å². The largest absolute Gasteiger partial charge is 0.262 e. The summed E-state index contributed by atoms with van der Waals surface area (Å²) in [4.78, 5) is 4.16. The van der Waals surface area contributed by atoms with Gasteiger partial charge in [0.2, 0.25) is 0 Å². The molecule has 0 aliphatic carbocycles. The van der Waals surface area contributed by atoms with Crippen molar-refractivity contribution in [3.05, 3.63) is 0 Å². The van der Waals surface area contributed by atoms with Crippen LogP contribution in [0, 0.1) is 5.92 Å². The molecule has 0 rings (SSSR count). The lowest BCUT2D eigenvalue weighted by molar-refractivity contribution is 0.880. The van der Waals surface area contributed by atoms with Gasteiger partial charge in [-0.1, -0.05) is 13.8 Å². The molecule has 0 heterocycles. The number of nitrogens with zero attached hydrogens (tertiary/aromatic N) is 4. The van der Waals surface area contributed by atoms with Crippen LogP contribution in [-0.4, -0.2) is 29.7 Å². The highest BCUT2D eigenvalue weighted by atomic mass is 32.2. The van der Waals surface area contributed by atoms with Gasteiger partial charge in [0, 0.05) is 5.71 Å². The molecule has 0 fully saturated rings. The van der Waals surface area contributed by atoms with Crippen molar-refractivity contribution in [3.8, 4) is 0 Å². The van der Waals surface area contributed by atoms with Crippen LogP contribution in [0.1, 0.15) is 27.7 Å². The van der Waals surface area contributed by atoms with Crippen molar-refractivity contribution >= 4 is 35.2 Å². The molecule has 0 unspecified atom stereocenters. The maximum Gasteiger partial charge on any atom is 0.142 e. The molecule has 6 heteroatoms. The number of aliphatic imine (C=N–C) groups is 1. The molecule has 0 aromatic carbocycles. The van der Waals surface area contributed by atoms with Gasteiger partial charge in [0.15, 0.2) is 0 Å². The van der Waals surface area contributed by atoms with Crippen LogP contribution in [0.2, 0.25) is 0 Å². The fourth-order valence-corrected chi connectivity index (χ4v) is 0.712. The molecule has 0 bridgehead atoms. The standard InChI is InChI=1S/C10H19N5S/c1-8(2)9(3)11-6-12-14-10(4)15-13-7-16-5/h6-8H,1-5H3,(H,14,15)/b11-9+,12-6-,13-7-. The summed E-state index contributed by atoms with van der Waals surface area (Å²) in [7, 11) is 0. The summed E-state index contributed by atoms with van der Waals surface area (Å²) in [5.41, 5.74) is 5.42. The van der Waals surface area contributed by atoms with Gasteiger partial charge in [-0.15, -0.1) is 16.9 Å². The Bertz CT molecular complexity index is 304. The number of nitrogens with one attached hydrogen (secondary N) is 1. The van der Waals surface area contributed by atoms with Crippen molar-refractivity contribution in [1.29, 1.82) is 0 Å². The number of thioether (sulfide) groups is 1. The SMILES string of the molecule is CS/C=N\N=C(/C)N/N=C\N=C(/C)C(C)C. The van der Waals surface area contributed by atoms with Crippen LogP contribution < -0.4 is 5.43 Å². The highest BCUT2D eigenvalue weighted by molar-refractivity contribution is 8.11. The first-order chi connectivity index (χ1) is 7.57. The molecule has 0 amide bonds. The summed E-state index contributed by atoms with van der Waals surface area (Å²) >= 11 is 1.49. The van der Waals surface area contributed by atoms with Crippen LogP contribution in [0.5, 0.6) is 0 Å². The van der Waals surface area contributed by atoms with E-state index < -0.39 is 0 Å². The zero-order chi connectivity index (χ0) is 12.4. The molecule has 5 nitrogen and oxygen atoms in total. The lowest BCUT2D eigenvalue weighted by atomic mass is 10.1. The highest BCUT2D eigenvalue weighted by Crippen LogP contribution is 1.94. The van der Waals surface area contributed by atoms with E-state index in [0.717, 1.165) is 5.71 Å². The lowest BCUT2D eigenvalue weighted by Crippen LogP contribution is -2.13. The van der Waals surface area contributed by atoms with Crippen molar-refractivity contribution in [2.24, 2.45) is 26.2 Å². The first-order valence-corrected chi connectivity index (χ1v) is 6.27. The third-order valence-corrected chi connectivity index (χ3v) is 2.05. The molecule has 0 radical (unpaired) electrons. The smallest absolute Gasteiger partial charge is 0.142 e. The van der Waals surface area contributed by atoms with E-state index in [9.17, 15) is 0 Å². The second-order valence-corrected chi connectivity index (χ2v) is 4.11. The molecule has 0 aromatic heterocycles. The van der Waals surface area contributed by atoms with Crippen LogP contribution in [0.4, 0.5) is 0 Å². The first-order valence-electron chi connectivity index (χ1n) is 4.98. The monoisotopic (exact) mass is 241 g/mol. The molecular weight excluding hydrogens is 222 g/mol. The van der Waals surface area contributed by atoms with E-state index in [0.29, 0.717) is 11.8 Å². The Balaban J connectivity index is 4.05. The Labute approximate surface area is 101 Å². The van der Waals surface area contributed by atoms with Gasteiger partial charge in [-0.3, -0.25) is 5.43 Å². The molecule has 0 aliphatic rings. The van der Waals surface area contributed by atoms with Gasteiger partial charge in [-0.2, -0.15) is 10.2 Å². The molecule has 0 aliphatic heterocycles. The van der Waals surface area contributed by atoms with Crippen molar-refractivity contribution < 1.29 is 0 Å². The van der Waals surface area contributed by atoms with Crippen LogP contribution in [0.25, 0.3) is 0 Å². The molecule has 0 atom stereocenters. The topological polar surface area (TPSA) is 61.5 Å². The molecule has 0 aromatic rings. The predicted octanol–water partition coefficient (Wildman–Crippen LogP) is 2.36. The summed E-state index contributed by atoms with van der Waals surface area (Å²) in [6.07, 6.45) is 3.40. The molecule has 90 valence electrons. The zero-order valence-corrected chi connectivity index (χ0v) is 11.2. The second kappa shape index (κ2) is 9.08. The maximum absolute atomic E-state index is 4.16. The summed E-state index contributed by atoms with van der Waals surface area (Å²) < 4.78 is 0. The van der Waals surface area contributed by atoms with Gasteiger partial charge >= 0.3 is 0 Å². The average molecular weight is 241 g/mol. The predicted molar refractivity (Wildman–Crippen MR) is 74.7 cm³/mol. The molecule has 0 saturated heterocycles. The van der Waals surface area contributed by atoms with Crippen LogP contribution >= 0.6 is 11.8 Å². The molecule has 0 saturated carbocycles. The minimum Gasteiger partial charge on any atom is -0.262 e. The first kappa shape index (κ1) is 14.8. The number of hydrogen-bond donors (Lipinski definition) is 1. The van der Waals surface area contributed by atoms with E-state index in [2.05, 4.69) is 39.6 Å². The second-order valence-electron chi connectivity index (χ2n) is 3.42. The summed E-state index contributed by atoms with van der Waals surface area (Å²) in [5, 5.41) is 11.5. The van der Waals surface area contributed by atoms with Gasteiger partial charge in [0.25, 0.3) is 0 Å². The van der Waals surface area contributed by atoms with Crippen LogP contribution in [-0.2, 0) is 0 Å². The van der Waals surface area contributed by atoms with Crippen LogP contribution in [0.3, 0.4) is 0 Å². The minimum absolute atomic E-state index is 0.437. The van der Waals surface area contributed by atoms with Crippen molar-refractivity contribution in [1.82, 2.24) is 5.43 Å². The van der Waals surface area contributed by atoms with Crippen molar-refractivity contribution in [3.63, 3.8) is 0 Å². The van der Waals surface area contributed by atoms with E-state index in [1.807, 2.05) is 13.2 Å². The average Bonchev–Trinajstić information content (AvgIpc) is 2.24. The fraction of sp³-hybridized carbons (Fsp3) is 0.600. The normalized spacial score (nSPS) is 14.4. The zero-order valence-electron chi connectivity index (χ0n) is 10.4. The number of amidine groups is 1. The van der Waals surface area contributed by atoms with Gasteiger partial charge in [0.05, 0.1) is 5.55 Å². The quantitative estimate of drug-likeness (QED) is 0.456. The number of hydrazone groups is 1. The third-order valence-electron chi connectivity index (χ3n) is 1.74. The highest BCUT2D eigenvalue weighted by Gasteiger charge is 1.94. The molecular formula is C10H19N5S. The van der Waals surface area contributed by atoms with Crippen LogP contribution in [0.15, 0.2) is 20.3 Å². The van der Waals surface area contributed by atoms with E-state index in [-0.39, 0.29) is 0 Å².